The Bertz CT molecular complexity index is 555. The van der Waals surface area contributed by atoms with Crippen molar-refractivity contribution in [2.75, 3.05) is 0 Å². The number of amides is 1. The number of carbonyl (C=O) groups is 1. The van der Waals surface area contributed by atoms with E-state index in [4.69, 9.17) is 5.14 Å². The predicted octanol–water partition coefficient (Wildman–Crippen LogP) is 0.916. The molecule has 0 aromatic heterocycles. The Balaban J connectivity index is 2.66. The van der Waals surface area contributed by atoms with E-state index in [0.717, 1.165) is 11.1 Å². The number of hydrogen-bond acceptors (Lipinski definition) is 3. The van der Waals surface area contributed by atoms with E-state index in [0.29, 0.717) is 6.54 Å². The topological polar surface area (TPSA) is 89.3 Å². The molecular weight excluding hydrogens is 252 g/mol. The lowest BCUT2D eigenvalue weighted by Crippen LogP contribution is -2.20. The molecule has 18 heavy (non-hydrogen) atoms. The van der Waals surface area contributed by atoms with Crippen molar-refractivity contribution in [2.24, 2.45) is 5.14 Å². The van der Waals surface area contributed by atoms with Gasteiger partial charge in [-0.15, -0.1) is 0 Å². The first-order chi connectivity index (χ1) is 8.29. The molecule has 0 unspecified atom stereocenters. The van der Waals surface area contributed by atoms with Crippen LogP contribution in [0, 0.1) is 0 Å². The molecule has 0 spiro atoms. The number of rotatable bonds is 4. The average Bonchev–Trinajstić information content (AvgIpc) is 2.25. The third-order valence-corrected chi connectivity index (χ3v) is 3.07. The van der Waals surface area contributed by atoms with Crippen LogP contribution in [-0.4, -0.2) is 14.3 Å². The van der Waals surface area contributed by atoms with Crippen LogP contribution in [0.3, 0.4) is 0 Å². The molecule has 0 atom stereocenters. The number of primary sulfonamides is 1. The molecule has 0 saturated heterocycles. The highest BCUT2D eigenvalue weighted by Gasteiger charge is 2.06. The van der Waals surface area contributed by atoms with Crippen LogP contribution < -0.4 is 10.5 Å². The summed E-state index contributed by atoms with van der Waals surface area (Å²) in [5.74, 6) is -0.175. The van der Waals surface area contributed by atoms with Gasteiger partial charge in [0.25, 0.3) is 0 Å². The van der Waals surface area contributed by atoms with Crippen LogP contribution in [0.2, 0.25) is 0 Å². The van der Waals surface area contributed by atoms with Gasteiger partial charge in [-0.25, -0.2) is 13.6 Å². The second kappa shape index (κ2) is 5.79. The lowest BCUT2D eigenvalue weighted by molar-refractivity contribution is -0.116. The van der Waals surface area contributed by atoms with Crippen molar-refractivity contribution < 1.29 is 13.2 Å². The summed E-state index contributed by atoms with van der Waals surface area (Å²) in [5.41, 5.74) is 1.72. The third-order valence-electron chi connectivity index (χ3n) is 2.14. The summed E-state index contributed by atoms with van der Waals surface area (Å²) in [6, 6.07) is 6.06. The molecule has 98 valence electrons. The van der Waals surface area contributed by atoms with Gasteiger partial charge in [-0.2, -0.15) is 0 Å². The Morgan fingerprint density at radius 2 is 1.83 bits per heavy atom. The predicted molar refractivity (Wildman–Crippen MR) is 69.1 cm³/mol. The molecule has 1 aromatic rings. The van der Waals surface area contributed by atoms with Gasteiger partial charge in [0, 0.05) is 12.6 Å². The monoisotopic (exact) mass is 268 g/mol. The van der Waals surface area contributed by atoms with Crippen LogP contribution in [0.25, 0.3) is 0 Å². The fourth-order valence-electron chi connectivity index (χ4n) is 1.30. The number of sulfonamides is 1. The Morgan fingerprint density at radius 1 is 1.28 bits per heavy atom. The van der Waals surface area contributed by atoms with Gasteiger partial charge in [0.2, 0.25) is 15.9 Å². The molecule has 0 fully saturated rings. The van der Waals surface area contributed by atoms with Crippen molar-refractivity contribution in [1.29, 1.82) is 0 Å². The highest BCUT2D eigenvalue weighted by atomic mass is 32.2. The van der Waals surface area contributed by atoms with E-state index in [1.165, 1.54) is 18.2 Å². The van der Waals surface area contributed by atoms with Gasteiger partial charge in [0.1, 0.15) is 0 Å². The summed E-state index contributed by atoms with van der Waals surface area (Å²) >= 11 is 0. The number of benzene rings is 1. The van der Waals surface area contributed by atoms with Crippen LogP contribution in [0.15, 0.2) is 40.8 Å². The quantitative estimate of drug-likeness (QED) is 0.796. The zero-order valence-corrected chi connectivity index (χ0v) is 11.1. The van der Waals surface area contributed by atoms with Gasteiger partial charge in [-0.1, -0.05) is 17.7 Å². The van der Waals surface area contributed by atoms with Crippen molar-refractivity contribution in [2.45, 2.75) is 25.3 Å². The van der Waals surface area contributed by atoms with Crippen molar-refractivity contribution in [1.82, 2.24) is 5.32 Å². The highest BCUT2D eigenvalue weighted by Crippen LogP contribution is 2.08. The van der Waals surface area contributed by atoms with Gasteiger partial charge in [0.15, 0.2) is 0 Å². The number of nitrogens with two attached hydrogens (primary N) is 1. The first-order valence-electron chi connectivity index (χ1n) is 5.33. The SMILES string of the molecule is CC(C)=CC(=O)NCc1ccc(S(N)(=O)=O)cc1. The van der Waals surface area contributed by atoms with E-state index >= 15 is 0 Å². The number of nitrogens with one attached hydrogen (secondary N) is 1. The number of hydrogen-bond donors (Lipinski definition) is 2. The van der Waals surface area contributed by atoms with Crippen molar-refractivity contribution >= 4 is 15.9 Å². The Kier molecular flexibility index (Phi) is 4.63. The minimum atomic E-state index is -3.66. The molecule has 1 amide bonds. The molecule has 0 aliphatic heterocycles. The van der Waals surface area contributed by atoms with Crippen LogP contribution in [-0.2, 0) is 21.4 Å². The molecule has 0 heterocycles. The molecule has 0 bridgehead atoms. The lowest BCUT2D eigenvalue weighted by Gasteiger charge is -2.04. The maximum Gasteiger partial charge on any atom is 0.244 e. The molecule has 0 aliphatic rings. The second-order valence-corrected chi connectivity index (χ2v) is 5.69. The molecule has 0 saturated carbocycles. The molecule has 3 N–H and O–H groups in total. The lowest BCUT2D eigenvalue weighted by atomic mass is 10.2. The minimum Gasteiger partial charge on any atom is -0.348 e. The zero-order valence-electron chi connectivity index (χ0n) is 10.3. The summed E-state index contributed by atoms with van der Waals surface area (Å²) in [5, 5.41) is 7.67. The fourth-order valence-corrected chi connectivity index (χ4v) is 1.81. The largest absolute Gasteiger partial charge is 0.348 e. The van der Waals surface area contributed by atoms with Crippen LogP contribution in [0.4, 0.5) is 0 Å². The van der Waals surface area contributed by atoms with E-state index in [1.54, 1.807) is 12.1 Å². The minimum absolute atomic E-state index is 0.0573. The van der Waals surface area contributed by atoms with E-state index < -0.39 is 10.0 Å². The summed E-state index contributed by atoms with van der Waals surface area (Å²) in [6.45, 7) is 4.01. The Morgan fingerprint density at radius 3 is 2.28 bits per heavy atom. The van der Waals surface area contributed by atoms with E-state index in [1.807, 2.05) is 13.8 Å². The van der Waals surface area contributed by atoms with Gasteiger partial charge in [0.05, 0.1) is 4.90 Å². The zero-order chi connectivity index (χ0) is 13.8. The maximum atomic E-state index is 11.3. The van der Waals surface area contributed by atoms with Crippen LogP contribution in [0.5, 0.6) is 0 Å². The van der Waals surface area contributed by atoms with Gasteiger partial charge in [-0.05, 0) is 31.5 Å². The van der Waals surface area contributed by atoms with Crippen LogP contribution >= 0.6 is 0 Å². The van der Waals surface area contributed by atoms with Gasteiger partial charge >= 0.3 is 0 Å². The second-order valence-electron chi connectivity index (χ2n) is 4.13. The van der Waals surface area contributed by atoms with Crippen molar-refractivity contribution in [3.63, 3.8) is 0 Å². The summed E-state index contributed by atoms with van der Waals surface area (Å²) < 4.78 is 22.1. The number of carbonyl (C=O) groups excluding carboxylic acids is 1. The van der Waals surface area contributed by atoms with Crippen LogP contribution in [0.1, 0.15) is 19.4 Å². The molecule has 6 heteroatoms. The van der Waals surface area contributed by atoms with Crippen molar-refractivity contribution in [3.05, 3.63) is 41.5 Å². The average molecular weight is 268 g/mol. The maximum absolute atomic E-state index is 11.3. The molecule has 0 aliphatic carbocycles. The van der Waals surface area contributed by atoms with E-state index in [2.05, 4.69) is 5.32 Å². The Hall–Kier alpha value is -1.66. The smallest absolute Gasteiger partial charge is 0.244 e. The Labute approximate surface area is 107 Å². The number of allylic oxidation sites excluding steroid dienone is 1. The molecule has 1 rings (SSSR count). The van der Waals surface area contributed by atoms with E-state index in [9.17, 15) is 13.2 Å². The summed E-state index contributed by atoms with van der Waals surface area (Å²) in [6.07, 6.45) is 1.50. The molecule has 1 aromatic carbocycles. The fraction of sp³-hybridized carbons (Fsp3) is 0.250. The first kappa shape index (κ1) is 14.4. The molecular formula is C12H16N2O3S. The molecule has 0 radical (unpaired) electrons. The highest BCUT2D eigenvalue weighted by molar-refractivity contribution is 7.89. The summed E-state index contributed by atoms with van der Waals surface area (Å²) in [7, 11) is -3.66. The first-order valence-corrected chi connectivity index (χ1v) is 6.88. The van der Waals surface area contributed by atoms with Gasteiger partial charge < -0.3 is 5.32 Å². The summed E-state index contributed by atoms with van der Waals surface area (Å²) in [4.78, 5) is 11.4. The van der Waals surface area contributed by atoms with Crippen molar-refractivity contribution in [3.8, 4) is 0 Å². The standard InChI is InChI=1S/C12H16N2O3S/c1-9(2)7-12(15)14-8-10-3-5-11(6-4-10)18(13,16)17/h3-7H,8H2,1-2H3,(H,14,15)(H2,13,16,17). The van der Waals surface area contributed by atoms with E-state index in [-0.39, 0.29) is 10.8 Å². The molecule has 5 nitrogen and oxygen atoms in total. The normalized spacial score (nSPS) is 10.8. The van der Waals surface area contributed by atoms with Gasteiger partial charge in [-0.3, -0.25) is 4.79 Å². The third kappa shape index (κ3) is 4.68.